The summed E-state index contributed by atoms with van der Waals surface area (Å²) in [5, 5.41) is 10.1. The van der Waals surface area contributed by atoms with Gasteiger partial charge in [0, 0.05) is 23.1 Å². The Balaban J connectivity index is 1.52. The molecule has 24 heavy (non-hydrogen) atoms. The summed E-state index contributed by atoms with van der Waals surface area (Å²) in [6.45, 7) is 0.767. The molecule has 0 radical (unpaired) electrons. The van der Waals surface area contributed by atoms with Gasteiger partial charge in [0.25, 0.3) is 5.96 Å². The Kier molecular flexibility index (Phi) is 2.67. The number of aliphatic imine (C=N–C) groups is 1. The van der Waals surface area contributed by atoms with Crippen LogP contribution in [-0.4, -0.2) is 23.4 Å². The minimum absolute atomic E-state index is 0.178. The van der Waals surface area contributed by atoms with Crippen molar-refractivity contribution in [2.75, 3.05) is 11.4 Å². The number of H-pyrrole nitrogens is 1. The molecule has 6 heteroatoms. The summed E-state index contributed by atoms with van der Waals surface area (Å²) < 4.78 is 0. The van der Waals surface area contributed by atoms with E-state index in [0.717, 1.165) is 34.9 Å². The third kappa shape index (κ3) is 1.89. The number of anilines is 1. The number of nitrogens with one attached hydrogen (secondary N) is 2. The number of benzene rings is 2. The van der Waals surface area contributed by atoms with Gasteiger partial charge in [0.1, 0.15) is 5.36 Å². The van der Waals surface area contributed by atoms with Gasteiger partial charge in [0.05, 0.1) is 0 Å². The molecule has 0 bridgehead atoms. The number of aromatic amines is 1. The molecule has 116 valence electrons. The molecule has 6 nitrogen and oxygen atoms in total. The van der Waals surface area contributed by atoms with Gasteiger partial charge in [-0.3, -0.25) is 5.41 Å². The van der Waals surface area contributed by atoms with E-state index >= 15 is 0 Å². The highest BCUT2D eigenvalue weighted by Gasteiger charge is 2.22. The lowest BCUT2D eigenvalue weighted by atomic mass is 10.2. The van der Waals surface area contributed by atoms with Crippen molar-refractivity contribution in [3.05, 3.63) is 64.9 Å². The number of rotatable bonds is 0. The molecule has 2 aliphatic rings. The second-order valence-electron chi connectivity index (χ2n) is 5.86. The normalized spacial score (nSPS) is 16.8. The Hall–Kier alpha value is -3.28. The van der Waals surface area contributed by atoms with Crippen LogP contribution in [0.1, 0.15) is 5.56 Å². The van der Waals surface area contributed by atoms with Crippen LogP contribution < -0.4 is 15.7 Å². The van der Waals surface area contributed by atoms with Gasteiger partial charge in [-0.15, -0.1) is 0 Å². The van der Waals surface area contributed by atoms with Gasteiger partial charge < -0.3 is 9.88 Å². The molecular formula is C18H14N6. The summed E-state index contributed by atoms with van der Waals surface area (Å²) >= 11 is 0. The standard InChI is InChI=1S/C18H14N6/c19-17(24-10-9-11-5-1-4-8-14(11)24)23-18-21-15-12-6-2-3-7-13(12)20-16(15)22-18/h1-8H,9-10H2,(H2,19,20,21,22,23). The molecule has 0 amide bonds. The van der Waals surface area contributed by atoms with Crippen molar-refractivity contribution in [3.8, 4) is 0 Å². The fourth-order valence-corrected chi connectivity index (χ4v) is 3.30. The lowest BCUT2D eigenvalue weighted by molar-refractivity contribution is 1.00. The Bertz CT molecular complexity index is 1140. The minimum Gasteiger partial charge on any atom is -0.338 e. The van der Waals surface area contributed by atoms with Crippen LogP contribution in [0.2, 0.25) is 0 Å². The molecule has 0 unspecified atom stereocenters. The fraction of sp³-hybridized carbons (Fsp3) is 0.111. The van der Waals surface area contributed by atoms with Crippen LogP contribution in [0.15, 0.2) is 63.5 Å². The average Bonchev–Trinajstić information content (AvgIpc) is 3.26. The van der Waals surface area contributed by atoms with E-state index in [0.29, 0.717) is 11.4 Å². The molecule has 0 atom stereocenters. The maximum absolute atomic E-state index is 8.31. The first kappa shape index (κ1) is 13.2. The molecule has 0 saturated heterocycles. The molecule has 1 aromatic heterocycles. The molecule has 2 N–H and O–H groups in total. The van der Waals surface area contributed by atoms with Crippen LogP contribution in [0, 0.1) is 5.41 Å². The monoisotopic (exact) mass is 314 g/mol. The first-order valence-corrected chi connectivity index (χ1v) is 7.86. The third-order valence-electron chi connectivity index (χ3n) is 4.43. The molecular weight excluding hydrogens is 300 g/mol. The maximum Gasteiger partial charge on any atom is 0.255 e. The summed E-state index contributed by atoms with van der Waals surface area (Å²) in [5.74, 6) is 0.508. The largest absolute Gasteiger partial charge is 0.338 e. The number of hydrogen-bond donors (Lipinski definition) is 2. The highest BCUT2D eigenvalue weighted by molar-refractivity contribution is 6.04. The van der Waals surface area contributed by atoms with E-state index in [1.807, 2.05) is 47.4 Å². The van der Waals surface area contributed by atoms with E-state index in [9.17, 15) is 0 Å². The zero-order valence-electron chi connectivity index (χ0n) is 12.8. The second kappa shape index (κ2) is 4.86. The van der Waals surface area contributed by atoms with Crippen LogP contribution in [-0.2, 0) is 6.42 Å². The number of hydrogen-bond acceptors (Lipinski definition) is 1. The van der Waals surface area contributed by atoms with Gasteiger partial charge >= 0.3 is 0 Å². The van der Waals surface area contributed by atoms with Gasteiger partial charge in [-0.05, 0) is 24.1 Å². The fourth-order valence-electron chi connectivity index (χ4n) is 3.30. The SMILES string of the molecule is N=C(/N=C1\N=c2[nH]c3ccccc3c2=N1)N1CCc2ccccc21. The van der Waals surface area contributed by atoms with E-state index in [2.05, 4.69) is 26.0 Å². The number of guanidine groups is 2. The van der Waals surface area contributed by atoms with Crippen molar-refractivity contribution in [3.63, 3.8) is 0 Å². The van der Waals surface area contributed by atoms with E-state index in [4.69, 9.17) is 5.41 Å². The number of fused-ring (bicyclic) bond motifs is 4. The molecule has 0 saturated carbocycles. The molecule has 2 aromatic carbocycles. The molecule has 2 aliphatic heterocycles. The first-order valence-electron chi connectivity index (χ1n) is 7.86. The molecule has 0 spiro atoms. The average molecular weight is 314 g/mol. The predicted octanol–water partition coefficient (Wildman–Crippen LogP) is 1.77. The van der Waals surface area contributed by atoms with Gasteiger partial charge in [-0.2, -0.15) is 9.98 Å². The van der Waals surface area contributed by atoms with Gasteiger partial charge in [-0.1, -0.05) is 36.4 Å². The summed E-state index contributed by atoms with van der Waals surface area (Å²) in [7, 11) is 0. The minimum atomic E-state index is 0.178. The van der Waals surface area contributed by atoms with Crippen molar-refractivity contribution < 1.29 is 0 Å². The van der Waals surface area contributed by atoms with E-state index in [-0.39, 0.29) is 5.96 Å². The van der Waals surface area contributed by atoms with Crippen LogP contribution in [0.5, 0.6) is 0 Å². The zero-order chi connectivity index (χ0) is 16.1. The Labute approximate surface area is 137 Å². The van der Waals surface area contributed by atoms with Crippen LogP contribution in [0.3, 0.4) is 0 Å². The van der Waals surface area contributed by atoms with Gasteiger partial charge in [0.15, 0.2) is 5.49 Å². The highest BCUT2D eigenvalue weighted by atomic mass is 15.3. The smallest absolute Gasteiger partial charge is 0.255 e. The molecule has 5 rings (SSSR count). The lowest BCUT2D eigenvalue weighted by Gasteiger charge is -2.16. The summed E-state index contributed by atoms with van der Waals surface area (Å²) in [6.07, 6.45) is 0.932. The van der Waals surface area contributed by atoms with Crippen molar-refractivity contribution in [1.29, 1.82) is 5.41 Å². The van der Waals surface area contributed by atoms with Crippen molar-refractivity contribution >= 4 is 28.5 Å². The van der Waals surface area contributed by atoms with E-state index in [1.165, 1.54) is 5.56 Å². The van der Waals surface area contributed by atoms with Crippen molar-refractivity contribution in [2.24, 2.45) is 15.0 Å². The van der Waals surface area contributed by atoms with E-state index < -0.39 is 0 Å². The summed E-state index contributed by atoms with van der Waals surface area (Å²) in [5.41, 5.74) is 4.02. The molecule has 0 fully saturated rings. The predicted molar refractivity (Wildman–Crippen MR) is 93.3 cm³/mol. The van der Waals surface area contributed by atoms with E-state index in [1.54, 1.807) is 0 Å². The third-order valence-corrected chi connectivity index (χ3v) is 4.43. The highest BCUT2D eigenvalue weighted by Crippen LogP contribution is 2.27. The van der Waals surface area contributed by atoms with Crippen LogP contribution in [0.25, 0.3) is 10.9 Å². The quantitative estimate of drug-likeness (QED) is 0.481. The Morgan fingerprint density at radius 3 is 2.88 bits per heavy atom. The lowest BCUT2D eigenvalue weighted by Crippen LogP contribution is -2.27. The van der Waals surface area contributed by atoms with Crippen molar-refractivity contribution in [1.82, 2.24) is 4.98 Å². The summed E-state index contributed by atoms with van der Waals surface area (Å²) in [4.78, 5) is 18.4. The number of nitrogens with zero attached hydrogens (tertiary/aromatic N) is 4. The maximum atomic E-state index is 8.31. The zero-order valence-corrected chi connectivity index (χ0v) is 12.8. The Morgan fingerprint density at radius 1 is 1.08 bits per heavy atom. The number of aromatic nitrogens is 1. The summed E-state index contributed by atoms with van der Waals surface area (Å²) in [6, 6.07) is 16.1. The second-order valence-corrected chi connectivity index (χ2v) is 5.86. The van der Waals surface area contributed by atoms with Crippen LogP contribution >= 0.6 is 0 Å². The van der Waals surface area contributed by atoms with Gasteiger partial charge in [0.2, 0.25) is 5.96 Å². The van der Waals surface area contributed by atoms with Crippen LogP contribution in [0.4, 0.5) is 5.69 Å². The van der Waals surface area contributed by atoms with Gasteiger partial charge in [-0.25, -0.2) is 4.99 Å². The topological polar surface area (TPSA) is 80.0 Å². The van der Waals surface area contributed by atoms with Crippen molar-refractivity contribution in [2.45, 2.75) is 6.42 Å². The number of para-hydroxylation sites is 2. The molecule has 3 heterocycles. The Morgan fingerprint density at radius 2 is 1.92 bits per heavy atom. The first-order chi connectivity index (χ1) is 11.8. The molecule has 0 aliphatic carbocycles. The molecule has 3 aromatic rings.